The second-order valence-electron chi connectivity index (χ2n) is 6.84. The van der Waals surface area contributed by atoms with Crippen molar-refractivity contribution in [2.45, 2.75) is 6.92 Å². The number of nitrogens with one attached hydrogen (secondary N) is 2. The van der Waals surface area contributed by atoms with Gasteiger partial charge in [0, 0.05) is 24.3 Å². The summed E-state index contributed by atoms with van der Waals surface area (Å²) < 4.78 is 10.9. The summed E-state index contributed by atoms with van der Waals surface area (Å²) >= 11 is 0. The van der Waals surface area contributed by atoms with Gasteiger partial charge in [0.2, 0.25) is 0 Å². The van der Waals surface area contributed by atoms with Crippen LogP contribution in [0.4, 0.5) is 5.69 Å². The molecule has 1 fully saturated rings. The van der Waals surface area contributed by atoms with Gasteiger partial charge in [0.05, 0.1) is 19.4 Å². The highest BCUT2D eigenvalue weighted by Gasteiger charge is 2.17. The molecule has 0 saturated carbocycles. The van der Waals surface area contributed by atoms with Crippen LogP contribution in [0.3, 0.4) is 0 Å². The fraction of sp³-hybridized carbons (Fsp3) is 0.273. The van der Waals surface area contributed by atoms with Crippen molar-refractivity contribution in [2.75, 3.05) is 38.2 Å². The molecule has 3 amide bonds. The van der Waals surface area contributed by atoms with E-state index < -0.39 is 11.8 Å². The van der Waals surface area contributed by atoms with Gasteiger partial charge in [-0.25, -0.2) is 5.43 Å². The minimum Gasteiger partial charge on any atom is -0.483 e. The van der Waals surface area contributed by atoms with Gasteiger partial charge in [-0.05, 0) is 36.8 Å². The Bertz CT molecular complexity index is 970. The number of hydrogen-bond donors (Lipinski definition) is 2. The highest BCUT2D eigenvalue weighted by molar-refractivity contribution is 6.39. The number of amides is 3. The van der Waals surface area contributed by atoms with Gasteiger partial charge in [-0.3, -0.25) is 14.4 Å². The van der Waals surface area contributed by atoms with Gasteiger partial charge < -0.3 is 19.7 Å². The van der Waals surface area contributed by atoms with Gasteiger partial charge in [-0.15, -0.1) is 0 Å². The molecule has 0 bridgehead atoms. The summed E-state index contributed by atoms with van der Waals surface area (Å²) in [5.41, 5.74) is 4.22. The molecule has 31 heavy (non-hydrogen) atoms. The van der Waals surface area contributed by atoms with Gasteiger partial charge in [0.15, 0.2) is 6.61 Å². The average molecular weight is 424 g/mol. The Morgan fingerprint density at radius 1 is 1.10 bits per heavy atom. The summed E-state index contributed by atoms with van der Waals surface area (Å²) in [5.74, 6) is -1.43. The highest BCUT2D eigenvalue weighted by atomic mass is 16.5. The number of anilines is 1. The zero-order valence-corrected chi connectivity index (χ0v) is 17.2. The molecule has 9 nitrogen and oxygen atoms in total. The van der Waals surface area contributed by atoms with Crippen molar-refractivity contribution in [3.8, 4) is 5.75 Å². The fourth-order valence-corrected chi connectivity index (χ4v) is 2.88. The molecule has 0 spiro atoms. The number of hydrogen-bond acceptors (Lipinski definition) is 6. The fourth-order valence-electron chi connectivity index (χ4n) is 2.88. The van der Waals surface area contributed by atoms with Crippen LogP contribution >= 0.6 is 0 Å². The lowest BCUT2D eigenvalue weighted by atomic mass is 10.2. The first kappa shape index (κ1) is 22.0. The lowest BCUT2D eigenvalue weighted by Crippen LogP contribution is -2.43. The summed E-state index contributed by atoms with van der Waals surface area (Å²) in [6, 6.07) is 14.0. The Morgan fingerprint density at radius 3 is 2.65 bits per heavy atom. The van der Waals surface area contributed by atoms with Gasteiger partial charge in [0.25, 0.3) is 5.91 Å². The van der Waals surface area contributed by atoms with Crippen molar-refractivity contribution < 1.29 is 23.9 Å². The van der Waals surface area contributed by atoms with Crippen molar-refractivity contribution in [3.63, 3.8) is 0 Å². The van der Waals surface area contributed by atoms with E-state index >= 15 is 0 Å². The zero-order chi connectivity index (χ0) is 22.1. The van der Waals surface area contributed by atoms with Crippen molar-refractivity contribution in [1.82, 2.24) is 10.3 Å². The number of aryl methyl sites for hydroxylation is 1. The molecule has 0 atom stereocenters. The van der Waals surface area contributed by atoms with Gasteiger partial charge in [0.1, 0.15) is 5.75 Å². The minimum atomic E-state index is -0.904. The van der Waals surface area contributed by atoms with Crippen LogP contribution in [-0.4, -0.2) is 61.7 Å². The number of benzene rings is 2. The molecule has 9 heteroatoms. The summed E-state index contributed by atoms with van der Waals surface area (Å²) in [4.78, 5) is 37.9. The van der Waals surface area contributed by atoms with Crippen LogP contribution in [0.15, 0.2) is 53.6 Å². The molecular weight excluding hydrogens is 400 g/mol. The standard InChI is InChI=1S/C22H24N4O5/c1-16-5-4-7-18(13-16)24-21(28)22(29)25-23-14-17-6-2-3-8-19(17)31-15-20(27)26-9-11-30-12-10-26/h2-8,13-14H,9-12,15H2,1H3,(H,24,28)(H,25,29)/b23-14-. The highest BCUT2D eigenvalue weighted by Crippen LogP contribution is 2.16. The molecule has 1 saturated heterocycles. The third-order valence-electron chi connectivity index (χ3n) is 4.49. The quantitative estimate of drug-likeness (QED) is 0.413. The zero-order valence-electron chi connectivity index (χ0n) is 17.2. The van der Waals surface area contributed by atoms with Crippen LogP contribution in [0.25, 0.3) is 0 Å². The van der Waals surface area contributed by atoms with Gasteiger partial charge in [-0.2, -0.15) is 5.10 Å². The number of para-hydroxylation sites is 1. The molecule has 0 aliphatic carbocycles. The maximum absolute atomic E-state index is 12.2. The van der Waals surface area contributed by atoms with E-state index in [9.17, 15) is 14.4 Å². The molecule has 0 radical (unpaired) electrons. The Balaban J connectivity index is 1.52. The van der Waals surface area contributed by atoms with Crippen LogP contribution in [0.1, 0.15) is 11.1 Å². The van der Waals surface area contributed by atoms with Crippen LogP contribution in [0.2, 0.25) is 0 Å². The van der Waals surface area contributed by atoms with Gasteiger partial charge >= 0.3 is 11.8 Å². The maximum atomic E-state index is 12.2. The Morgan fingerprint density at radius 2 is 1.87 bits per heavy atom. The molecule has 0 unspecified atom stereocenters. The topological polar surface area (TPSA) is 109 Å². The third kappa shape index (κ3) is 6.65. The first-order chi connectivity index (χ1) is 15.0. The molecule has 1 heterocycles. The van der Waals surface area contributed by atoms with E-state index in [4.69, 9.17) is 9.47 Å². The van der Waals surface area contributed by atoms with E-state index in [1.165, 1.54) is 6.21 Å². The van der Waals surface area contributed by atoms with E-state index in [0.29, 0.717) is 43.3 Å². The molecule has 162 valence electrons. The van der Waals surface area contributed by atoms with Crippen LogP contribution in [-0.2, 0) is 19.1 Å². The summed E-state index contributed by atoms with van der Waals surface area (Å²) in [6.45, 7) is 3.90. The maximum Gasteiger partial charge on any atom is 0.329 e. The van der Waals surface area contributed by atoms with Crippen molar-refractivity contribution in [1.29, 1.82) is 0 Å². The molecule has 3 rings (SSSR count). The second-order valence-corrected chi connectivity index (χ2v) is 6.84. The third-order valence-corrected chi connectivity index (χ3v) is 4.49. The number of ether oxygens (including phenoxy) is 2. The largest absolute Gasteiger partial charge is 0.483 e. The molecule has 0 aromatic heterocycles. The van der Waals surface area contributed by atoms with E-state index in [0.717, 1.165) is 5.56 Å². The smallest absolute Gasteiger partial charge is 0.329 e. The molecule has 1 aliphatic rings. The second kappa shape index (κ2) is 10.9. The number of carbonyl (C=O) groups excluding carboxylic acids is 3. The molecule has 2 aromatic carbocycles. The Hall–Kier alpha value is -3.72. The van der Waals surface area contributed by atoms with E-state index in [-0.39, 0.29) is 12.5 Å². The lowest BCUT2D eigenvalue weighted by Gasteiger charge is -2.26. The minimum absolute atomic E-state index is 0.115. The predicted octanol–water partition coefficient (Wildman–Crippen LogP) is 1.32. The van der Waals surface area contributed by atoms with Crippen molar-refractivity contribution in [2.24, 2.45) is 5.10 Å². The average Bonchev–Trinajstić information content (AvgIpc) is 2.78. The first-order valence-corrected chi connectivity index (χ1v) is 9.81. The number of rotatable bonds is 6. The van der Waals surface area contributed by atoms with Crippen LogP contribution in [0, 0.1) is 6.92 Å². The van der Waals surface area contributed by atoms with Crippen molar-refractivity contribution in [3.05, 3.63) is 59.7 Å². The van der Waals surface area contributed by atoms with Crippen LogP contribution < -0.4 is 15.5 Å². The van der Waals surface area contributed by atoms with Gasteiger partial charge in [-0.1, -0.05) is 24.3 Å². The number of hydrazone groups is 1. The number of morpholine rings is 1. The van der Waals surface area contributed by atoms with Crippen LogP contribution in [0.5, 0.6) is 5.75 Å². The molecule has 2 aromatic rings. The van der Waals surface area contributed by atoms with E-state index in [2.05, 4.69) is 15.8 Å². The van der Waals surface area contributed by atoms with E-state index in [1.54, 1.807) is 47.4 Å². The molecular formula is C22H24N4O5. The Kier molecular flexibility index (Phi) is 7.72. The summed E-state index contributed by atoms with van der Waals surface area (Å²) in [5, 5.41) is 6.33. The monoisotopic (exact) mass is 424 g/mol. The first-order valence-electron chi connectivity index (χ1n) is 9.81. The molecule has 1 aliphatic heterocycles. The predicted molar refractivity (Wildman–Crippen MR) is 115 cm³/mol. The Labute approximate surface area is 180 Å². The number of nitrogens with zero attached hydrogens (tertiary/aromatic N) is 2. The van der Waals surface area contributed by atoms with Crippen molar-refractivity contribution >= 4 is 29.6 Å². The van der Waals surface area contributed by atoms with E-state index in [1.807, 2.05) is 13.0 Å². The summed E-state index contributed by atoms with van der Waals surface area (Å²) in [6.07, 6.45) is 1.35. The number of carbonyl (C=O) groups is 3. The summed E-state index contributed by atoms with van der Waals surface area (Å²) in [7, 11) is 0. The molecule has 2 N–H and O–H groups in total. The lowest BCUT2D eigenvalue weighted by molar-refractivity contribution is -0.137. The normalized spacial score (nSPS) is 13.6. The SMILES string of the molecule is Cc1cccc(NC(=O)C(=O)N/N=C\c2ccccc2OCC(=O)N2CCOCC2)c1.